The van der Waals surface area contributed by atoms with Crippen LogP contribution in [0.3, 0.4) is 0 Å². The largest absolute Gasteiger partial charge is 0.316 e. The van der Waals surface area contributed by atoms with E-state index in [9.17, 15) is 0 Å². The van der Waals surface area contributed by atoms with Gasteiger partial charge in [0.25, 0.3) is 0 Å². The Morgan fingerprint density at radius 3 is 1.94 bits per heavy atom. The normalized spacial score (nSPS) is 14.8. The highest BCUT2D eigenvalue weighted by Gasteiger charge is 2.10. The van der Waals surface area contributed by atoms with Crippen LogP contribution in [0.4, 0.5) is 0 Å². The van der Waals surface area contributed by atoms with E-state index >= 15 is 0 Å². The van der Waals surface area contributed by atoms with Crippen LogP contribution in [0.1, 0.15) is 79.1 Å². The summed E-state index contributed by atoms with van der Waals surface area (Å²) in [6, 6.07) is 0. The van der Waals surface area contributed by atoms with Gasteiger partial charge in [0.2, 0.25) is 0 Å². The van der Waals surface area contributed by atoms with Crippen LogP contribution in [0.2, 0.25) is 0 Å². The maximum atomic E-state index is 3.57. The van der Waals surface area contributed by atoms with Gasteiger partial charge in [-0.15, -0.1) is 0 Å². The van der Waals surface area contributed by atoms with Crippen molar-refractivity contribution in [2.24, 2.45) is 11.8 Å². The van der Waals surface area contributed by atoms with Crippen molar-refractivity contribution in [2.45, 2.75) is 79.1 Å². The number of hydrogen-bond donors (Lipinski definition) is 1. The molecule has 0 aliphatic rings. The minimum absolute atomic E-state index is 0.900. The number of nitrogens with one attached hydrogen (secondary N) is 1. The zero-order valence-corrected chi connectivity index (χ0v) is 12.7. The molecule has 2 unspecified atom stereocenters. The van der Waals surface area contributed by atoms with Crippen LogP contribution < -0.4 is 5.32 Å². The lowest BCUT2D eigenvalue weighted by Crippen LogP contribution is -2.23. The van der Waals surface area contributed by atoms with Crippen LogP contribution in [0.25, 0.3) is 0 Å². The second-order valence-corrected chi connectivity index (χ2v) is 5.47. The Balaban J connectivity index is 3.69. The fourth-order valence-corrected chi connectivity index (χ4v) is 2.45. The number of rotatable bonds is 12. The highest BCUT2D eigenvalue weighted by molar-refractivity contribution is 4.65. The molecule has 17 heavy (non-hydrogen) atoms. The molecule has 0 saturated carbocycles. The highest BCUT2D eigenvalue weighted by Crippen LogP contribution is 2.22. The smallest absolute Gasteiger partial charge is 0.00206 e. The Morgan fingerprint density at radius 2 is 1.41 bits per heavy atom. The van der Waals surface area contributed by atoms with Crippen LogP contribution in [0.5, 0.6) is 0 Å². The molecule has 1 N–H and O–H groups in total. The summed E-state index contributed by atoms with van der Waals surface area (Å²) in [5, 5.41) is 3.57. The van der Waals surface area contributed by atoms with Crippen molar-refractivity contribution in [3.63, 3.8) is 0 Å². The Labute approximate surface area is 110 Å². The van der Waals surface area contributed by atoms with E-state index in [-0.39, 0.29) is 0 Å². The second kappa shape index (κ2) is 12.4. The molecule has 0 saturated heterocycles. The van der Waals surface area contributed by atoms with Crippen LogP contribution in [-0.2, 0) is 0 Å². The average molecular weight is 241 g/mol. The molecule has 0 amide bonds. The summed E-state index contributed by atoms with van der Waals surface area (Å²) in [4.78, 5) is 0. The molecule has 0 heterocycles. The van der Waals surface area contributed by atoms with Gasteiger partial charge < -0.3 is 5.32 Å². The third kappa shape index (κ3) is 9.64. The Hall–Kier alpha value is -0.0400. The van der Waals surface area contributed by atoms with Gasteiger partial charge in [-0.25, -0.2) is 0 Å². The zero-order valence-electron chi connectivity index (χ0n) is 12.7. The molecule has 0 aromatic rings. The van der Waals surface area contributed by atoms with Crippen molar-refractivity contribution in [3.05, 3.63) is 0 Å². The van der Waals surface area contributed by atoms with E-state index < -0.39 is 0 Å². The molecule has 2 atom stereocenters. The topological polar surface area (TPSA) is 12.0 Å². The predicted octanol–water partition coefficient (Wildman–Crippen LogP) is 5.01. The summed E-state index contributed by atoms with van der Waals surface area (Å²) in [7, 11) is 0. The fourth-order valence-electron chi connectivity index (χ4n) is 2.45. The lowest BCUT2D eigenvalue weighted by molar-refractivity contribution is 0.345. The van der Waals surface area contributed by atoms with Gasteiger partial charge >= 0.3 is 0 Å². The molecule has 0 radical (unpaired) electrons. The van der Waals surface area contributed by atoms with E-state index in [1.165, 1.54) is 64.5 Å². The van der Waals surface area contributed by atoms with Gasteiger partial charge in [0, 0.05) is 0 Å². The molecule has 0 rings (SSSR count). The third-order valence-electron chi connectivity index (χ3n) is 3.96. The van der Waals surface area contributed by atoms with Crippen LogP contribution in [0.15, 0.2) is 0 Å². The first-order valence-electron chi connectivity index (χ1n) is 7.99. The summed E-state index contributed by atoms with van der Waals surface area (Å²) >= 11 is 0. The number of unbranched alkanes of at least 4 members (excludes halogenated alkanes) is 1. The van der Waals surface area contributed by atoms with Crippen molar-refractivity contribution in [1.29, 1.82) is 0 Å². The summed E-state index contributed by atoms with van der Waals surface area (Å²) in [6.07, 6.45) is 11.1. The minimum atomic E-state index is 0.900. The summed E-state index contributed by atoms with van der Waals surface area (Å²) in [5.74, 6) is 1.88. The zero-order chi connectivity index (χ0) is 12.9. The van der Waals surface area contributed by atoms with Gasteiger partial charge in [0.05, 0.1) is 0 Å². The first kappa shape index (κ1) is 17.0. The van der Waals surface area contributed by atoms with E-state index in [0.717, 1.165) is 11.8 Å². The summed E-state index contributed by atoms with van der Waals surface area (Å²) in [5.41, 5.74) is 0. The minimum Gasteiger partial charge on any atom is -0.316 e. The maximum absolute atomic E-state index is 3.57. The molecule has 0 aromatic carbocycles. The lowest BCUT2D eigenvalue weighted by atomic mass is 9.89. The molecular formula is C16H35N. The fraction of sp³-hybridized carbons (Fsp3) is 1.00. The summed E-state index contributed by atoms with van der Waals surface area (Å²) in [6.45, 7) is 11.7. The molecular weight excluding hydrogens is 206 g/mol. The van der Waals surface area contributed by atoms with Crippen molar-refractivity contribution in [1.82, 2.24) is 5.32 Å². The third-order valence-corrected chi connectivity index (χ3v) is 3.96. The number of hydrogen-bond acceptors (Lipinski definition) is 1. The predicted molar refractivity (Wildman–Crippen MR) is 79.5 cm³/mol. The van der Waals surface area contributed by atoms with Crippen molar-refractivity contribution >= 4 is 0 Å². The quantitative estimate of drug-likeness (QED) is 0.474. The van der Waals surface area contributed by atoms with Crippen LogP contribution in [-0.4, -0.2) is 13.1 Å². The molecule has 0 aliphatic heterocycles. The molecule has 0 fully saturated rings. The van der Waals surface area contributed by atoms with Gasteiger partial charge in [-0.1, -0.05) is 66.2 Å². The second-order valence-electron chi connectivity index (χ2n) is 5.47. The summed E-state index contributed by atoms with van der Waals surface area (Å²) < 4.78 is 0. The standard InChI is InChI=1S/C16H35N/c1-5-9-10-15(7-3)11-12-16(8-4)14-17-13-6-2/h15-17H,5-14H2,1-4H3. The average Bonchev–Trinajstić information content (AvgIpc) is 2.36. The van der Waals surface area contributed by atoms with Gasteiger partial charge in [0.15, 0.2) is 0 Å². The maximum Gasteiger partial charge on any atom is -0.00206 e. The molecule has 1 nitrogen and oxygen atoms in total. The molecule has 0 aliphatic carbocycles. The Bertz CT molecular complexity index is 144. The molecule has 0 bridgehead atoms. The van der Waals surface area contributed by atoms with Crippen molar-refractivity contribution in [2.75, 3.05) is 13.1 Å². The van der Waals surface area contributed by atoms with E-state index in [1.54, 1.807) is 0 Å². The highest BCUT2D eigenvalue weighted by atomic mass is 14.8. The molecule has 0 aromatic heterocycles. The van der Waals surface area contributed by atoms with E-state index in [0.29, 0.717) is 0 Å². The van der Waals surface area contributed by atoms with E-state index in [2.05, 4.69) is 33.0 Å². The molecule has 104 valence electrons. The lowest BCUT2D eigenvalue weighted by Gasteiger charge is -2.20. The first-order chi connectivity index (χ1) is 8.28. The first-order valence-corrected chi connectivity index (χ1v) is 7.99. The molecule has 1 heteroatoms. The Morgan fingerprint density at radius 1 is 0.765 bits per heavy atom. The molecule has 0 spiro atoms. The Kier molecular flexibility index (Phi) is 12.4. The van der Waals surface area contributed by atoms with Crippen LogP contribution >= 0.6 is 0 Å². The van der Waals surface area contributed by atoms with Gasteiger partial charge in [-0.3, -0.25) is 0 Å². The van der Waals surface area contributed by atoms with E-state index in [1.807, 2.05) is 0 Å². The van der Waals surface area contributed by atoms with Gasteiger partial charge in [0.1, 0.15) is 0 Å². The van der Waals surface area contributed by atoms with Gasteiger partial charge in [-0.05, 0) is 37.8 Å². The SMILES string of the molecule is CCCCC(CC)CCC(CC)CNCCC. The van der Waals surface area contributed by atoms with Crippen molar-refractivity contribution in [3.8, 4) is 0 Å². The monoisotopic (exact) mass is 241 g/mol. The van der Waals surface area contributed by atoms with Crippen molar-refractivity contribution < 1.29 is 0 Å². The van der Waals surface area contributed by atoms with Gasteiger partial charge in [-0.2, -0.15) is 0 Å². The van der Waals surface area contributed by atoms with E-state index in [4.69, 9.17) is 0 Å². The van der Waals surface area contributed by atoms with Crippen LogP contribution in [0, 0.1) is 11.8 Å².